The van der Waals surface area contributed by atoms with E-state index in [0.717, 1.165) is 21.9 Å². The third-order valence-corrected chi connectivity index (χ3v) is 4.58. The molecular weight excluding hydrogens is 314 g/mol. The van der Waals surface area contributed by atoms with Gasteiger partial charge in [-0.05, 0) is 37.1 Å². The second kappa shape index (κ2) is 8.25. The third kappa shape index (κ3) is 5.39. The number of aryl methyl sites for hydroxylation is 1. The lowest BCUT2D eigenvalue weighted by Gasteiger charge is -2.14. The fourth-order valence-corrected chi connectivity index (χ4v) is 3.11. The highest BCUT2D eigenvalue weighted by Gasteiger charge is 2.09. The molecule has 0 fully saturated rings. The van der Waals surface area contributed by atoms with Crippen LogP contribution in [0.2, 0.25) is 5.02 Å². The average Bonchev–Trinajstić information content (AvgIpc) is 2.48. The summed E-state index contributed by atoms with van der Waals surface area (Å²) in [7, 11) is 0. The number of amides is 1. The Morgan fingerprint density at radius 2 is 1.95 bits per heavy atom. The van der Waals surface area contributed by atoms with Crippen LogP contribution in [0.3, 0.4) is 0 Å². The molecule has 0 bridgehead atoms. The second-order valence-corrected chi connectivity index (χ2v) is 6.74. The van der Waals surface area contributed by atoms with Crippen LogP contribution in [-0.4, -0.2) is 11.7 Å². The SMILES string of the molecule is Cc1ccc([C@H](C)NC(=O)CSCc2cccc(Cl)c2)cc1. The van der Waals surface area contributed by atoms with Crippen LogP contribution in [0.1, 0.15) is 29.7 Å². The molecule has 22 heavy (non-hydrogen) atoms. The van der Waals surface area contributed by atoms with Crippen LogP contribution in [0.4, 0.5) is 0 Å². The summed E-state index contributed by atoms with van der Waals surface area (Å²) in [5, 5.41) is 3.76. The zero-order valence-electron chi connectivity index (χ0n) is 12.8. The van der Waals surface area contributed by atoms with Crippen molar-refractivity contribution in [2.45, 2.75) is 25.6 Å². The molecule has 1 amide bonds. The number of rotatable bonds is 6. The highest BCUT2D eigenvalue weighted by atomic mass is 35.5. The van der Waals surface area contributed by atoms with Gasteiger partial charge >= 0.3 is 0 Å². The minimum atomic E-state index is 0.0277. The third-order valence-electron chi connectivity index (χ3n) is 3.35. The van der Waals surface area contributed by atoms with E-state index in [-0.39, 0.29) is 11.9 Å². The first-order valence-electron chi connectivity index (χ1n) is 7.22. The summed E-state index contributed by atoms with van der Waals surface area (Å²) in [5.74, 6) is 1.29. The smallest absolute Gasteiger partial charge is 0.230 e. The summed E-state index contributed by atoms with van der Waals surface area (Å²) in [6, 6.07) is 16.0. The lowest BCUT2D eigenvalue weighted by Crippen LogP contribution is -2.28. The second-order valence-electron chi connectivity index (χ2n) is 5.32. The van der Waals surface area contributed by atoms with Gasteiger partial charge in [-0.25, -0.2) is 0 Å². The fourth-order valence-electron chi connectivity index (χ4n) is 2.11. The number of carbonyl (C=O) groups is 1. The summed E-state index contributed by atoms with van der Waals surface area (Å²) in [5.41, 5.74) is 3.48. The van der Waals surface area contributed by atoms with Crippen LogP contribution in [0.15, 0.2) is 48.5 Å². The first-order valence-corrected chi connectivity index (χ1v) is 8.76. The summed E-state index contributed by atoms with van der Waals surface area (Å²) in [6.45, 7) is 4.06. The normalized spacial score (nSPS) is 12.0. The molecule has 2 aromatic carbocycles. The lowest BCUT2D eigenvalue weighted by atomic mass is 10.1. The molecule has 1 N–H and O–H groups in total. The highest BCUT2D eigenvalue weighted by molar-refractivity contribution is 7.99. The zero-order valence-corrected chi connectivity index (χ0v) is 14.4. The number of nitrogens with one attached hydrogen (secondary N) is 1. The van der Waals surface area contributed by atoms with Crippen LogP contribution in [0.5, 0.6) is 0 Å². The Morgan fingerprint density at radius 3 is 2.64 bits per heavy atom. The molecule has 0 saturated heterocycles. The van der Waals surface area contributed by atoms with Crippen molar-refractivity contribution in [2.75, 3.05) is 5.75 Å². The fraction of sp³-hybridized carbons (Fsp3) is 0.278. The molecule has 0 aliphatic carbocycles. The van der Waals surface area contributed by atoms with Crippen molar-refractivity contribution in [3.8, 4) is 0 Å². The Bertz CT molecular complexity index is 627. The molecule has 116 valence electrons. The number of carbonyl (C=O) groups excluding carboxylic acids is 1. The molecular formula is C18H20ClNOS. The first kappa shape index (κ1) is 16.9. The molecule has 4 heteroatoms. The molecule has 0 heterocycles. The van der Waals surface area contributed by atoms with Gasteiger partial charge in [0, 0.05) is 10.8 Å². The number of thioether (sulfide) groups is 1. The Kier molecular flexibility index (Phi) is 6.34. The maximum Gasteiger partial charge on any atom is 0.230 e. The van der Waals surface area contributed by atoms with E-state index in [1.54, 1.807) is 11.8 Å². The van der Waals surface area contributed by atoms with E-state index in [4.69, 9.17) is 11.6 Å². The lowest BCUT2D eigenvalue weighted by molar-refractivity contribution is -0.119. The zero-order chi connectivity index (χ0) is 15.9. The van der Waals surface area contributed by atoms with E-state index in [1.807, 2.05) is 31.2 Å². The van der Waals surface area contributed by atoms with Crippen LogP contribution >= 0.6 is 23.4 Å². The standard InChI is InChI=1S/C18H20ClNOS/c1-13-6-8-16(9-7-13)14(2)20-18(21)12-22-11-15-4-3-5-17(19)10-15/h3-10,14H,11-12H2,1-2H3,(H,20,21)/t14-/m0/s1. The highest BCUT2D eigenvalue weighted by Crippen LogP contribution is 2.17. The van der Waals surface area contributed by atoms with Crippen LogP contribution < -0.4 is 5.32 Å². The number of benzene rings is 2. The molecule has 2 aromatic rings. The van der Waals surface area contributed by atoms with Crippen LogP contribution in [-0.2, 0) is 10.5 Å². The molecule has 0 spiro atoms. The molecule has 0 aliphatic heterocycles. The van der Waals surface area contributed by atoms with Gasteiger partial charge in [-0.1, -0.05) is 53.6 Å². The van der Waals surface area contributed by atoms with Crippen molar-refractivity contribution in [1.29, 1.82) is 0 Å². The Balaban J connectivity index is 1.76. The van der Waals surface area contributed by atoms with Gasteiger partial charge in [-0.2, -0.15) is 0 Å². The van der Waals surface area contributed by atoms with Crippen LogP contribution in [0, 0.1) is 6.92 Å². The number of hydrogen-bond donors (Lipinski definition) is 1. The van der Waals surface area contributed by atoms with Crippen LogP contribution in [0.25, 0.3) is 0 Å². The van der Waals surface area contributed by atoms with Crippen molar-refractivity contribution >= 4 is 29.3 Å². The molecule has 0 unspecified atom stereocenters. The van der Waals surface area contributed by atoms with E-state index < -0.39 is 0 Å². The van der Waals surface area contributed by atoms with E-state index in [1.165, 1.54) is 5.56 Å². The van der Waals surface area contributed by atoms with Gasteiger partial charge in [0.05, 0.1) is 11.8 Å². The Hall–Kier alpha value is -1.45. The largest absolute Gasteiger partial charge is 0.349 e. The van der Waals surface area contributed by atoms with Crippen molar-refractivity contribution in [3.05, 3.63) is 70.2 Å². The van der Waals surface area contributed by atoms with E-state index in [0.29, 0.717) is 5.75 Å². The molecule has 0 aromatic heterocycles. The van der Waals surface area contributed by atoms with Crippen molar-refractivity contribution in [3.63, 3.8) is 0 Å². The summed E-state index contributed by atoms with van der Waals surface area (Å²) in [6.07, 6.45) is 0. The summed E-state index contributed by atoms with van der Waals surface area (Å²) in [4.78, 5) is 12.0. The van der Waals surface area contributed by atoms with Gasteiger partial charge in [0.2, 0.25) is 5.91 Å². The van der Waals surface area contributed by atoms with Gasteiger partial charge in [0.1, 0.15) is 0 Å². The molecule has 0 saturated carbocycles. The van der Waals surface area contributed by atoms with Gasteiger partial charge in [0.25, 0.3) is 0 Å². The number of hydrogen-bond acceptors (Lipinski definition) is 2. The Labute approximate surface area is 141 Å². The van der Waals surface area contributed by atoms with Crippen molar-refractivity contribution in [1.82, 2.24) is 5.32 Å². The van der Waals surface area contributed by atoms with Crippen molar-refractivity contribution < 1.29 is 4.79 Å². The topological polar surface area (TPSA) is 29.1 Å². The van der Waals surface area contributed by atoms with Crippen molar-refractivity contribution in [2.24, 2.45) is 0 Å². The first-order chi connectivity index (χ1) is 10.5. The quantitative estimate of drug-likeness (QED) is 0.825. The Morgan fingerprint density at radius 1 is 1.23 bits per heavy atom. The van der Waals surface area contributed by atoms with Gasteiger partial charge in [0.15, 0.2) is 0 Å². The molecule has 0 aliphatic rings. The minimum Gasteiger partial charge on any atom is -0.349 e. The van der Waals surface area contributed by atoms with E-state index in [2.05, 4.69) is 36.5 Å². The predicted octanol–water partition coefficient (Wildman–Crippen LogP) is 4.76. The maximum absolute atomic E-state index is 12.0. The van der Waals surface area contributed by atoms with E-state index >= 15 is 0 Å². The van der Waals surface area contributed by atoms with Gasteiger partial charge < -0.3 is 5.32 Å². The maximum atomic E-state index is 12.0. The summed E-state index contributed by atoms with van der Waals surface area (Å²) >= 11 is 7.54. The van der Waals surface area contributed by atoms with Gasteiger partial charge in [-0.3, -0.25) is 4.79 Å². The molecule has 2 rings (SSSR count). The molecule has 1 atom stereocenters. The monoisotopic (exact) mass is 333 g/mol. The average molecular weight is 334 g/mol. The minimum absolute atomic E-state index is 0.0277. The van der Waals surface area contributed by atoms with Gasteiger partial charge in [-0.15, -0.1) is 11.8 Å². The summed E-state index contributed by atoms with van der Waals surface area (Å²) < 4.78 is 0. The van der Waals surface area contributed by atoms with E-state index in [9.17, 15) is 4.79 Å². The number of halogens is 1. The predicted molar refractivity (Wildman–Crippen MR) is 95.4 cm³/mol. The molecule has 2 nitrogen and oxygen atoms in total. The molecule has 0 radical (unpaired) electrons.